The number of benzene rings is 2. The number of nitrogens with one attached hydrogen (secondary N) is 1. The van der Waals surface area contributed by atoms with Crippen molar-refractivity contribution in [3.63, 3.8) is 0 Å². The molecule has 0 aromatic heterocycles. The van der Waals surface area contributed by atoms with Gasteiger partial charge in [0.15, 0.2) is 6.10 Å². The predicted molar refractivity (Wildman–Crippen MR) is 105 cm³/mol. The van der Waals surface area contributed by atoms with E-state index in [1.54, 1.807) is 6.92 Å². The SMILES string of the molecule is Cc1ccc(C(C)C)c(OC(C)C(=O)NC(C)COc2ccccc2)c1. The first-order valence-corrected chi connectivity index (χ1v) is 9.12. The first kappa shape index (κ1) is 19.8. The Kier molecular flexibility index (Phi) is 7.07. The second-order valence-electron chi connectivity index (χ2n) is 6.99. The van der Waals surface area contributed by atoms with Crippen LogP contribution < -0.4 is 14.8 Å². The summed E-state index contributed by atoms with van der Waals surface area (Å²) in [6.07, 6.45) is -0.575. The maximum atomic E-state index is 12.4. The number of carbonyl (C=O) groups excluding carboxylic acids is 1. The van der Waals surface area contributed by atoms with Crippen molar-refractivity contribution in [1.29, 1.82) is 0 Å². The summed E-state index contributed by atoms with van der Waals surface area (Å²) in [5, 5.41) is 2.94. The minimum Gasteiger partial charge on any atom is -0.491 e. The smallest absolute Gasteiger partial charge is 0.261 e. The average Bonchev–Trinajstić information content (AvgIpc) is 2.60. The molecule has 2 aromatic carbocycles. The number of aryl methyl sites for hydroxylation is 1. The molecule has 0 aliphatic heterocycles. The van der Waals surface area contributed by atoms with E-state index in [9.17, 15) is 4.79 Å². The lowest BCUT2D eigenvalue weighted by molar-refractivity contribution is -0.128. The zero-order valence-electron chi connectivity index (χ0n) is 16.3. The van der Waals surface area contributed by atoms with Crippen molar-refractivity contribution in [1.82, 2.24) is 5.32 Å². The van der Waals surface area contributed by atoms with E-state index < -0.39 is 6.10 Å². The van der Waals surface area contributed by atoms with Crippen LogP contribution in [0, 0.1) is 6.92 Å². The van der Waals surface area contributed by atoms with Crippen molar-refractivity contribution in [2.24, 2.45) is 0 Å². The van der Waals surface area contributed by atoms with Gasteiger partial charge in [0.25, 0.3) is 5.91 Å². The van der Waals surface area contributed by atoms with Gasteiger partial charge in [-0.15, -0.1) is 0 Å². The molecule has 140 valence electrons. The molecule has 0 radical (unpaired) electrons. The Hall–Kier alpha value is -2.49. The van der Waals surface area contributed by atoms with Crippen LogP contribution in [-0.2, 0) is 4.79 Å². The summed E-state index contributed by atoms with van der Waals surface area (Å²) in [5.41, 5.74) is 2.22. The summed E-state index contributed by atoms with van der Waals surface area (Å²) in [7, 11) is 0. The lowest BCUT2D eigenvalue weighted by Gasteiger charge is -2.21. The van der Waals surface area contributed by atoms with Crippen LogP contribution in [0.1, 0.15) is 44.7 Å². The second-order valence-corrected chi connectivity index (χ2v) is 6.99. The Morgan fingerprint density at radius 3 is 2.38 bits per heavy atom. The molecule has 0 aliphatic rings. The fraction of sp³-hybridized carbons (Fsp3) is 0.409. The highest BCUT2D eigenvalue weighted by molar-refractivity contribution is 5.81. The van der Waals surface area contributed by atoms with Gasteiger partial charge in [-0.3, -0.25) is 4.79 Å². The van der Waals surface area contributed by atoms with Crippen LogP contribution >= 0.6 is 0 Å². The molecule has 0 saturated heterocycles. The molecule has 2 rings (SSSR count). The Morgan fingerprint density at radius 1 is 1.04 bits per heavy atom. The van der Waals surface area contributed by atoms with Crippen LogP contribution in [0.15, 0.2) is 48.5 Å². The van der Waals surface area contributed by atoms with Gasteiger partial charge in [0.1, 0.15) is 18.1 Å². The third-order valence-electron chi connectivity index (χ3n) is 4.10. The summed E-state index contributed by atoms with van der Waals surface area (Å²) < 4.78 is 11.6. The Balaban J connectivity index is 1.90. The van der Waals surface area contributed by atoms with Crippen molar-refractivity contribution in [3.8, 4) is 11.5 Å². The summed E-state index contributed by atoms with van der Waals surface area (Å²) in [5.74, 6) is 1.75. The first-order chi connectivity index (χ1) is 12.4. The van der Waals surface area contributed by atoms with Gasteiger partial charge in [-0.2, -0.15) is 0 Å². The molecule has 4 nitrogen and oxygen atoms in total. The highest BCUT2D eigenvalue weighted by Gasteiger charge is 2.19. The minimum atomic E-state index is -0.575. The van der Waals surface area contributed by atoms with Crippen molar-refractivity contribution in [2.45, 2.75) is 52.7 Å². The first-order valence-electron chi connectivity index (χ1n) is 9.12. The van der Waals surface area contributed by atoms with Gasteiger partial charge in [-0.25, -0.2) is 0 Å². The predicted octanol–water partition coefficient (Wildman–Crippen LogP) is 4.47. The lowest BCUT2D eigenvalue weighted by Crippen LogP contribution is -2.43. The molecule has 2 aromatic rings. The third kappa shape index (κ3) is 5.80. The van der Waals surface area contributed by atoms with Gasteiger partial charge in [-0.05, 0) is 56.0 Å². The number of carbonyl (C=O) groups is 1. The molecule has 0 fully saturated rings. The van der Waals surface area contributed by atoms with E-state index in [2.05, 4.69) is 31.3 Å². The van der Waals surface area contributed by atoms with Crippen LogP contribution in [0.2, 0.25) is 0 Å². The zero-order chi connectivity index (χ0) is 19.1. The number of rotatable bonds is 8. The van der Waals surface area contributed by atoms with Crippen LogP contribution in [0.25, 0.3) is 0 Å². The Bertz CT molecular complexity index is 713. The van der Waals surface area contributed by atoms with Crippen LogP contribution in [-0.4, -0.2) is 24.7 Å². The van der Waals surface area contributed by atoms with E-state index in [0.29, 0.717) is 12.5 Å². The molecular formula is C22H29NO3. The molecule has 0 heterocycles. The maximum absolute atomic E-state index is 12.4. The van der Waals surface area contributed by atoms with E-state index in [1.165, 1.54) is 0 Å². The van der Waals surface area contributed by atoms with Gasteiger partial charge in [0.2, 0.25) is 0 Å². The fourth-order valence-corrected chi connectivity index (χ4v) is 2.60. The zero-order valence-corrected chi connectivity index (χ0v) is 16.3. The lowest BCUT2D eigenvalue weighted by atomic mass is 10.0. The van der Waals surface area contributed by atoms with E-state index in [-0.39, 0.29) is 11.9 Å². The number of para-hydroxylation sites is 1. The van der Waals surface area contributed by atoms with Gasteiger partial charge in [0, 0.05) is 0 Å². The highest BCUT2D eigenvalue weighted by atomic mass is 16.5. The topological polar surface area (TPSA) is 47.6 Å². The summed E-state index contributed by atoms with van der Waals surface area (Å²) in [6, 6.07) is 15.6. The molecule has 26 heavy (non-hydrogen) atoms. The van der Waals surface area contributed by atoms with Crippen molar-refractivity contribution in [3.05, 3.63) is 59.7 Å². The molecule has 4 heteroatoms. The molecule has 0 aliphatic carbocycles. The molecule has 1 N–H and O–H groups in total. The number of hydrogen-bond acceptors (Lipinski definition) is 3. The second kappa shape index (κ2) is 9.27. The van der Waals surface area contributed by atoms with Gasteiger partial charge < -0.3 is 14.8 Å². The van der Waals surface area contributed by atoms with Gasteiger partial charge in [-0.1, -0.05) is 44.2 Å². The normalized spacial score (nSPS) is 13.2. The minimum absolute atomic E-state index is 0.115. The number of hydrogen-bond donors (Lipinski definition) is 1. The molecular weight excluding hydrogens is 326 g/mol. The van der Waals surface area contributed by atoms with Crippen LogP contribution in [0.3, 0.4) is 0 Å². The molecule has 1 amide bonds. The number of ether oxygens (including phenoxy) is 2. The molecule has 0 saturated carbocycles. The van der Waals surface area contributed by atoms with Crippen molar-refractivity contribution in [2.75, 3.05) is 6.61 Å². The Morgan fingerprint density at radius 2 is 1.73 bits per heavy atom. The monoisotopic (exact) mass is 355 g/mol. The van der Waals surface area contributed by atoms with Crippen LogP contribution in [0.5, 0.6) is 11.5 Å². The summed E-state index contributed by atoms with van der Waals surface area (Å²) in [4.78, 5) is 12.4. The largest absolute Gasteiger partial charge is 0.491 e. The highest BCUT2D eigenvalue weighted by Crippen LogP contribution is 2.28. The molecule has 2 unspecified atom stereocenters. The molecule has 0 spiro atoms. The summed E-state index contributed by atoms with van der Waals surface area (Å²) >= 11 is 0. The quantitative estimate of drug-likeness (QED) is 0.760. The van der Waals surface area contributed by atoms with E-state index in [4.69, 9.17) is 9.47 Å². The van der Waals surface area contributed by atoms with Crippen LogP contribution in [0.4, 0.5) is 0 Å². The molecule has 2 atom stereocenters. The third-order valence-corrected chi connectivity index (χ3v) is 4.10. The van der Waals surface area contributed by atoms with E-state index in [0.717, 1.165) is 22.6 Å². The van der Waals surface area contributed by atoms with Crippen molar-refractivity contribution < 1.29 is 14.3 Å². The summed E-state index contributed by atoms with van der Waals surface area (Å²) in [6.45, 7) is 10.3. The fourth-order valence-electron chi connectivity index (χ4n) is 2.60. The van der Waals surface area contributed by atoms with Gasteiger partial charge in [0.05, 0.1) is 6.04 Å². The average molecular weight is 355 g/mol. The molecule has 0 bridgehead atoms. The maximum Gasteiger partial charge on any atom is 0.261 e. The standard InChI is InChI=1S/C22H29NO3/c1-15(2)20-12-11-16(3)13-21(20)26-18(5)22(24)23-17(4)14-25-19-9-7-6-8-10-19/h6-13,15,17-18H,14H2,1-5H3,(H,23,24). The van der Waals surface area contributed by atoms with E-state index >= 15 is 0 Å². The van der Waals surface area contributed by atoms with Gasteiger partial charge >= 0.3 is 0 Å². The number of amides is 1. The van der Waals surface area contributed by atoms with E-state index in [1.807, 2.05) is 50.2 Å². The van der Waals surface area contributed by atoms with Crippen molar-refractivity contribution >= 4 is 5.91 Å². The Labute approximate surface area is 156 Å².